The van der Waals surface area contributed by atoms with Crippen molar-refractivity contribution in [3.05, 3.63) is 78.1 Å². The van der Waals surface area contributed by atoms with Gasteiger partial charge in [0.25, 0.3) is 0 Å². The third-order valence-electron chi connectivity index (χ3n) is 5.05. The lowest BCUT2D eigenvalue weighted by Crippen LogP contribution is -2.44. The van der Waals surface area contributed by atoms with E-state index in [0.717, 1.165) is 24.3 Å². The highest BCUT2D eigenvalue weighted by molar-refractivity contribution is 7.80. The van der Waals surface area contributed by atoms with Gasteiger partial charge >= 0.3 is 0 Å². The molecule has 6 heteroatoms. The average molecular weight is 394 g/mol. The number of para-hydroxylation sites is 1. The van der Waals surface area contributed by atoms with Crippen LogP contribution in [0.15, 0.2) is 66.9 Å². The largest absolute Gasteiger partial charge is 0.493 e. The number of benzene rings is 2. The van der Waals surface area contributed by atoms with Crippen molar-refractivity contribution in [1.82, 2.24) is 9.47 Å². The van der Waals surface area contributed by atoms with Crippen molar-refractivity contribution in [3.8, 4) is 11.5 Å². The van der Waals surface area contributed by atoms with Gasteiger partial charge in [0.2, 0.25) is 0 Å². The standard InChI is InChI=1S/C22H23N3O2S/c1-26-19-11-10-16(15-20(19)27-2)21-18-9-6-12-24(18)13-14-25(21)22(28)23-17-7-4-3-5-8-17/h3-12,15,21H,13-14H2,1-2H3,(H,23,28)/t21-/m1/s1. The Hall–Kier alpha value is -2.99. The van der Waals surface area contributed by atoms with E-state index in [4.69, 9.17) is 21.7 Å². The topological polar surface area (TPSA) is 38.7 Å². The molecule has 28 heavy (non-hydrogen) atoms. The van der Waals surface area contributed by atoms with Crippen LogP contribution < -0.4 is 14.8 Å². The summed E-state index contributed by atoms with van der Waals surface area (Å²) in [4.78, 5) is 2.24. The third kappa shape index (κ3) is 3.43. The van der Waals surface area contributed by atoms with E-state index >= 15 is 0 Å². The average Bonchev–Trinajstić information content (AvgIpc) is 3.22. The summed E-state index contributed by atoms with van der Waals surface area (Å²) < 4.78 is 13.2. The van der Waals surface area contributed by atoms with Gasteiger partial charge in [-0.05, 0) is 54.2 Å². The van der Waals surface area contributed by atoms with Gasteiger partial charge in [-0.15, -0.1) is 0 Å². The molecule has 0 unspecified atom stereocenters. The van der Waals surface area contributed by atoms with Crippen molar-refractivity contribution in [2.24, 2.45) is 0 Å². The maximum Gasteiger partial charge on any atom is 0.174 e. The fourth-order valence-corrected chi connectivity index (χ4v) is 4.01. The van der Waals surface area contributed by atoms with Gasteiger partial charge in [-0.25, -0.2) is 0 Å². The molecule has 4 rings (SSSR count). The molecule has 2 aromatic carbocycles. The zero-order valence-electron chi connectivity index (χ0n) is 16.0. The lowest BCUT2D eigenvalue weighted by Gasteiger charge is -2.39. The molecule has 0 radical (unpaired) electrons. The molecule has 0 aliphatic carbocycles. The first-order chi connectivity index (χ1) is 13.7. The van der Waals surface area contributed by atoms with E-state index in [1.165, 1.54) is 5.69 Å². The highest BCUT2D eigenvalue weighted by Crippen LogP contribution is 2.37. The second-order valence-electron chi connectivity index (χ2n) is 6.63. The molecule has 1 aliphatic heterocycles. The van der Waals surface area contributed by atoms with E-state index in [1.54, 1.807) is 14.2 Å². The molecule has 1 N–H and O–H groups in total. The summed E-state index contributed by atoms with van der Waals surface area (Å²) >= 11 is 5.80. The maximum absolute atomic E-state index is 5.80. The minimum absolute atomic E-state index is 0.00716. The number of thiocarbonyl (C=S) groups is 1. The maximum atomic E-state index is 5.80. The molecular weight excluding hydrogens is 370 g/mol. The van der Waals surface area contributed by atoms with E-state index in [0.29, 0.717) is 16.6 Å². The van der Waals surface area contributed by atoms with Crippen molar-refractivity contribution in [3.63, 3.8) is 0 Å². The fourth-order valence-electron chi connectivity index (χ4n) is 3.69. The van der Waals surface area contributed by atoms with Gasteiger partial charge in [-0.2, -0.15) is 0 Å². The first-order valence-corrected chi connectivity index (χ1v) is 9.61. The monoisotopic (exact) mass is 393 g/mol. The number of rotatable bonds is 4. The van der Waals surface area contributed by atoms with Gasteiger partial charge in [0, 0.05) is 30.7 Å². The van der Waals surface area contributed by atoms with Gasteiger partial charge in [0.15, 0.2) is 16.6 Å². The SMILES string of the molecule is COc1ccc([C@@H]2c3cccn3CCN2C(=S)Nc2ccccc2)cc1OC. The number of methoxy groups -OCH3 is 2. The van der Waals surface area contributed by atoms with Crippen LogP contribution in [-0.4, -0.2) is 35.3 Å². The molecule has 5 nitrogen and oxygen atoms in total. The molecule has 3 aromatic rings. The van der Waals surface area contributed by atoms with Crippen molar-refractivity contribution < 1.29 is 9.47 Å². The quantitative estimate of drug-likeness (QED) is 0.669. The normalized spacial score (nSPS) is 15.6. The molecule has 0 fully saturated rings. The van der Waals surface area contributed by atoms with Gasteiger partial charge < -0.3 is 24.3 Å². The van der Waals surface area contributed by atoms with Crippen LogP contribution in [0.1, 0.15) is 17.3 Å². The number of hydrogen-bond acceptors (Lipinski definition) is 3. The molecule has 1 aliphatic rings. The van der Waals surface area contributed by atoms with Crippen LogP contribution in [0.5, 0.6) is 11.5 Å². The number of aromatic nitrogens is 1. The number of anilines is 1. The second-order valence-corrected chi connectivity index (χ2v) is 7.02. The summed E-state index contributed by atoms with van der Waals surface area (Å²) in [7, 11) is 3.30. The third-order valence-corrected chi connectivity index (χ3v) is 5.38. The summed E-state index contributed by atoms with van der Waals surface area (Å²) in [5.41, 5.74) is 3.30. The second kappa shape index (κ2) is 7.94. The number of ether oxygens (including phenoxy) is 2. The molecule has 0 spiro atoms. The Labute approximate surface area is 170 Å². The predicted octanol–water partition coefficient (Wildman–Crippen LogP) is 4.31. The Morgan fingerprint density at radius 2 is 1.75 bits per heavy atom. The van der Waals surface area contributed by atoms with E-state index in [-0.39, 0.29) is 6.04 Å². The Kier molecular flexibility index (Phi) is 5.21. The molecular formula is C22H23N3O2S. The molecule has 1 atom stereocenters. The summed E-state index contributed by atoms with van der Waals surface area (Å²) in [5, 5.41) is 4.08. The van der Waals surface area contributed by atoms with E-state index < -0.39 is 0 Å². The van der Waals surface area contributed by atoms with Crippen LogP contribution in [0.4, 0.5) is 5.69 Å². The van der Waals surface area contributed by atoms with Gasteiger partial charge in [0.1, 0.15) is 0 Å². The van der Waals surface area contributed by atoms with E-state index in [2.05, 4.69) is 39.2 Å². The highest BCUT2D eigenvalue weighted by atomic mass is 32.1. The van der Waals surface area contributed by atoms with Crippen LogP contribution in [0.2, 0.25) is 0 Å². The highest BCUT2D eigenvalue weighted by Gasteiger charge is 2.31. The first kappa shape index (κ1) is 18.4. The zero-order chi connectivity index (χ0) is 19.5. The first-order valence-electron chi connectivity index (χ1n) is 9.21. The molecule has 2 heterocycles. The Bertz CT molecular complexity index is 971. The van der Waals surface area contributed by atoms with Gasteiger partial charge in [-0.3, -0.25) is 0 Å². The zero-order valence-corrected chi connectivity index (χ0v) is 16.8. The summed E-state index contributed by atoms with van der Waals surface area (Å²) in [6.45, 7) is 1.71. The number of hydrogen-bond donors (Lipinski definition) is 1. The van der Waals surface area contributed by atoms with Gasteiger partial charge in [0.05, 0.1) is 20.3 Å². The number of nitrogens with zero attached hydrogens (tertiary/aromatic N) is 2. The summed E-state index contributed by atoms with van der Waals surface area (Å²) in [6.07, 6.45) is 2.12. The van der Waals surface area contributed by atoms with Crippen LogP contribution in [-0.2, 0) is 6.54 Å². The number of fused-ring (bicyclic) bond motifs is 1. The molecule has 0 amide bonds. The van der Waals surface area contributed by atoms with Crippen LogP contribution in [0, 0.1) is 0 Å². The fraction of sp³-hybridized carbons (Fsp3) is 0.227. The lowest BCUT2D eigenvalue weighted by molar-refractivity contribution is 0.291. The van der Waals surface area contributed by atoms with Crippen molar-refractivity contribution in [2.45, 2.75) is 12.6 Å². The smallest absolute Gasteiger partial charge is 0.174 e. The van der Waals surface area contributed by atoms with Gasteiger partial charge in [-0.1, -0.05) is 24.3 Å². The molecule has 1 aromatic heterocycles. The predicted molar refractivity (Wildman–Crippen MR) is 115 cm³/mol. The molecule has 144 valence electrons. The summed E-state index contributed by atoms with van der Waals surface area (Å²) in [5.74, 6) is 1.43. The minimum atomic E-state index is -0.00716. The molecule has 0 saturated carbocycles. The van der Waals surface area contributed by atoms with E-state index in [9.17, 15) is 0 Å². The molecule has 0 saturated heterocycles. The lowest BCUT2D eigenvalue weighted by atomic mass is 9.99. The molecule has 0 bridgehead atoms. The Morgan fingerprint density at radius 1 is 0.964 bits per heavy atom. The number of nitrogens with one attached hydrogen (secondary N) is 1. The van der Waals surface area contributed by atoms with Crippen molar-refractivity contribution >= 4 is 23.0 Å². The van der Waals surface area contributed by atoms with Crippen molar-refractivity contribution in [1.29, 1.82) is 0 Å². The summed E-state index contributed by atoms with van der Waals surface area (Å²) in [6, 6.07) is 20.3. The van der Waals surface area contributed by atoms with Crippen LogP contribution in [0.3, 0.4) is 0 Å². The van der Waals surface area contributed by atoms with Crippen LogP contribution in [0.25, 0.3) is 0 Å². The Balaban J connectivity index is 1.71. The van der Waals surface area contributed by atoms with Crippen LogP contribution >= 0.6 is 12.2 Å². The minimum Gasteiger partial charge on any atom is -0.493 e. The van der Waals surface area contributed by atoms with E-state index in [1.807, 2.05) is 42.5 Å². The Morgan fingerprint density at radius 3 is 2.50 bits per heavy atom. The van der Waals surface area contributed by atoms with Crippen molar-refractivity contribution in [2.75, 3.05) is 26.1 Å².